The van der Waals surface area contributed by atoms with Crippen molar-refractivity contribution in [1.82, 2.24) is 5.01 Å². The summed E-state index contributed by atoms with van der Waals surface area (Å²) in [6.07, 6.45) is 3.20. The molecule has 0 radical (unpaired) electrons. The Morgan fingerprint density at radius 3 is 2.53 bits per heavy atom. The van der Waals surface area contributed by atoms with Gasteiger partial charge in [-0.15, -0.1) is 0 Å². The van der Waals surface area contributed by atoms with E-state index < -0.39 is 0 Å². The summed E-state index contributed by atoms with van der Waals surface area (Å²) in [6.45, 7) is 4.10. The third kappa shape index (κ3) is 7.93. The number of carbonyl (C=O) groups is 2. The maximum atomic E-state index is 11.1. The molecule has 0 saturated heterocycles. The Bertz CT molecular complexity index is 207. The third-order valence-electron chi connectivity index (χ3n) is 1.97. The number of rotatable bonds is 7. The molecule has 0 fully saturated rings. The van der Waals surface area contributed by atoms with Crippen molar-refractivity contribution in [2.75, 3.05) is 13.2 Å². The molecule has 5 nitrogen and oxygen atoms in total. The smallest absolute Gasteiger partial charge is 0.307 e. The van der Waals surface area contributed by atoms with Crippen molar-refractivity contribution in [2.45, 2.75) is 39.5 Å². The molecule has 0 unspecified atom stereocenters. The second-order valence-corrected chi connectivity index (χ2v) is 3.39. The number of nitrogens with zero attached hydrogens (tertiary/aromatic N) is 1. The lowest BCUT2D eigenvalue weighted by Crippen LogP contribution is -2.37. The van der Waals surface area contributed by atoms with Crippen LogP contribution >= 0.6 is 0 Å². The van der Waals surface area contributed by atoms with E-state index in [0.717, 1.165) is 24.3 Å². The predicted octanol–water partition coefficient (Wildman–Crippen LogP) is 0.832. The van der Waals surface area contributed by atoms with Crippen molar-refractivity contribution in [2.24, 2.45) is 5.84 Å². The predicted molar refractivity (Wildman–Crippen MR) is 56.7 cm³/mol. The molecule has 0 saturated carbocycles. The van der Waals surface area contributed by atoms with E-state index >= 15 is 0 Å². The van der Waals surface area contributed by atoms with Crippen LogP contribution in [0.3, 0.4) is 0 Å². The van der Waals surface area contributed by atoms with E-state index in [1.807, 2.05) is 0 Å². The van der Waals surface area contributed by atoms with Crippen LogP contribution < -0.4 is 5.84 Å². The second kappa shape index (κ2) is 8.23. The number of esters is 1. The molecule has 0 aromatic carbocycles. The van der Waals surface area contributed by atoms with Gasteiger partial charge in [0.15, 0.2) is 0 Å². The molecule has 0 bridgehead atoms. The Hall–Kier alpha value is -1.10. The Balaban J connectivity index is 3.45. The summed E-state index contributed by atoms with van der Waals surface area (Å²) in [5.74, 6) is 4.76. The fourth-order valence-corrected chi connectivity index (χ4v) is 0.979. The van der Waals surface area contributed by atoms with Gasteiger partial charge in [-0.05, 0) is 6.42 Å². The van der Waals surface area contributed by atoms with Gasteiger partial charge in [-0.3, -0.25) is 14.6 Å². The monoisotopic (exact) mass is 216 g/mol. The molecule has 0 aliphatic rings. The van der Waals surface area contributed by atoms with Gasteiger partial charge in [-0.25, -0.2) is 5.84 Å². The minimum Gasteiger partial charge on any atom is -0.466 e. The number of unbranched alkanes of at least 4 members (excludes halogenated alkanes) is 2. The number of hydrogen-bond donors (Lipinski definition) is 1. The van der Waals surface area contributed by atoms with E-state index in [-0.39, 0.29) is 24.8 Å². The van der Waals surface area contributed by atoms with Gasteiger partial charge >= 0.3 is 5.97 Å². The van der Waals surface area contributed by atoms with Gasteiger partial charge in [0, 0.05) is 13.5 Å². The molecule has 1 amide bonds. The number of carbonyl (C=O) groups excluding carboxylic acids is 2. The van der Waals surface area contributed by atoms with Crippen LogP contribution in [0.15, 0.2) is 0 Å². The molecule has 5 heteroatoms. The van der Waals surface area contributed by atoms with Crippen LogP contribution in [-0.4, -0.2) is 30.0 Å². The third-order valence-corrected chi connectivity index (χ3v) is 1.97. The lowest BCUT2D eigenvalue weighted by atomic mass is 10.3. The van der Waals surface area contributed by atoms with Gasteiger partial charge in [0.25, 0.3) is 0 Å². The normalized spacial score (nSPS) is 9.80. The molecule has 0 spiro atoms. The molecule has 0 aromatic rings. The van der Waals surface area contributed by atoms with Crippen LogP contribution in [0.1, 0.15) is 39.5 Å². The van der Waals surface area contributed by atoms with E-state index in [1.165, 1.54) is 6.92 Å². The number of hydrazine groups is 1. The Labute approximate surface area is 90.5 Å². The maximum absolute atomic E-state index is 11.1. The lowest BCUT2D eigenvalue weighted by molar-refractivity contribution is -0.144. The Kier molecular flexibility index (Phi) is 7.62. The lowest BCUT2D eigenvalue weighted by Gasteiger charge is -2.13. The molecule has 15 heavy (non-hydrogen) atoms. The number of nitrogens with two attached hydrogens (primary N) is 1. The highest BCUT2D eigenvalue weighted by Crippen LogP contribution is 1.96. The average molecular weight is 216 g/mol. The van der Waals surface area contributed by atoms with Crippen LogP contribution in [0.25, 0.3) is 0 Å². The topological polar surface area (TPSA) is 72.6 Å². The first-order valence-corrected chi connectivity index (χ1v) is 5.26. The van der Waals surface area contributed by atoms with Crippen molar-refractivity contribution < 1.29 is 14.3 Å². The molecule has 0 aliphatic heterocycles. The van der Waals surface area contributed by atoms with E-state index in [0.29, 0.717) is 6.61 Å². The van der Waals surface area contributed by atoms with Gasteiger partial charge in [0.1, 0.15) is 0 Å². The van der Waals surface area contributed by atoms with Crippen LogP contribution in [0.2, 0.25) is 0 Å². The molecular weight excluding hydrogens is 196 g/mol. The van der Waals surface area contributed by atoms with Crippen LogP contribution in [-0.2, 0) is 14.3 Å². The highest BCUT2D eigenvalue weighted by molar-refractivity contribution is 5.74. The largest absolute Gasteiger partial charge is 0.466 e. The zero-order valence-corrected chi connectivity index (χ0v) is 9.49. The number of ether oxygens (including phenoxy) is 1. The minimum atomic E-state index is -0.303. The highest BCUT2D eigenvalue weighted by Gasteiger charge is 2.07. The second-order valence-electron chi connectivity index (χ2n) is 3.39. The molecule has 88 valence electrons. The Morgan fingerprint density at radius 1 is 1.33 bits per heavy atom. The summed E-state index contributed by atoms with van der Waals surface area (Å²) in [5, 5.41) is 1.01. The highest BCUT2D eigenvalue weighted by atomic mass is 16.5. The van der Waals surface area contributed by atoms with Gasteiger partial charge in [0.2, 0.25) is 5.91 Å². The molecule has 0 aromatic heterocycles. The number of hydrogen-bond acceptors (Lipinski definition) is 4. The zero-order chi connectivity index (χ0) is 11.7. The van der Waals surface area contributed by atoms with Crippen LogP contribution in [0, 0.1) is 0 Å². The quantitative estimate of drug-likeness (QED) is 0.225. The fourth-order valence-electron chi connectivity index (χ4n) is 0.979. The van der Waals surface area contributed by atoms with Gasteiger partial charge < -0.3 is 4.74 Å². The van der Waals surface area contributed by atoms with Gasteiger partial charge in [0.05, 0.1) is 13.0 Å². The summed E-state index contributed by atoms with van der Waals surface area (Å²) < 4.78 is 4.94. The van der Waals surface area contributed by atoms with Crippen LogP contribution in [0.4, 0.5) is 0 Å². The molecule has 0 rings (SSSR count). The SMILES string of the molecule is CCCCCOC(=O)CCN(N)C(C)=O. The first-order valence-electron chi connectivity index (χ1n) is 5.26. The van der Waals surface area contributed by atoms with E-state index in [4.69, 9.17) is 10.6 Å². The molecule has 0 atom stereocenters. The standard InChI is InChI=1S/C10H20N2O3/c1-3-4-5-8-15-10(14)6-7-12(11)9(2)13/h3-8,11H2,1-2H3. The van der Waals surface area contributed by atoms with Crippen LogP contribution in [0.5, 0.6) is 0 Å². The summed E-state index contributed by atoms with van der Waals surface area (Å²) in [7, 11) is 0. The molecule has 0 heterocycles. The first-order chi connectivity index (χ1) is 7.07. The van der Waals surface area contributed by atoms with Crippen molar-refractivity contribution in [3.63, 3.8) is 0 Å². The summed E-state index contributed by atoms with van der Waals surface area (Å²) in [4.78, 5) is 21.8. The average Bonchev–Trinajstić information content (AvgIpc) is 2.20. The van der Waals surface area contributed by atoms with Gasteiger partial charge in [-0.2, -0.15) is 0 Å². The van der Waals surface area contributed by atoms with Crippen molar-refractivity contribution in [1.29, 1.82) is 0 Å². The minimum absolute atomic E-state index is 0.155. The van der Waals surface area contributed by atoms with E-state index in [1.54, 1.807) is 0 Å². The number of amides is 1. The van der Waals surface area contributed by atoms with Crippen molar-refractivity contribution in [3.8, 4) is 0 Å². The first kappa shape index (κ1) is 13.9. The maximum Gasteiger partial charge on any atom is 0.307 e. The summed E-state index contributed by atoms with van der Waals surface area (Å²) >= 11 is 0. The Morgan fingerprint density at radius 2 is 2.00 bits per heavy atom. The summed E-state index contributed by atoms with van der Waals surface area (Å²) in [5.41, 5.74) is 0. The summed E-state index contributed by atoms with van der Waals surface area (Å²) in [6, 6.07) is 0. The van der Waals surface area contributed by atoms with Crippen molar-refractivity contribution in [3.05, 3.63) is 0 Å². The van der Waals surface area contributed by atoms with Crippen molar-refractivity contribution >= 4 is 11.9 Å². The van der Waals surface area contributed by atoms with Gasteiger partial charge in [-0.1, -0.05) is 19.8 Å². The van der Waals surface area contributed by atoms with E-state index in [2.05, 4.69) is 6.92 Å². The van der Waals surface area contributed by atoms with E-state index in [9.17, 15) is 9.59 Å². The molecular formula is C10H20N2O3. The zero-order valence-electron chi connectivity index (χ0n) is 9.49. The fraction of sp³-hybridized carbons (Fsp3) is 0.800. The molecule has 0 aliphatic carbocycles. The molecule has 2 N–H and O–H groups in total.